The number of carbonyl (C=O) groups excluding carboxylic acids is 1. The van der Waals surface area contributed by atoms with Crippen LogP contribution in [-0.4, -0.2) is 28.8 Å². The molecule has 0 spiro atoms. The van der Waals surface area contributed by atoms with Gasteiger partial charge in [0.15, 0.2) is 0 Å². The fraction of sp³-hybridized carbons (Fsp3) is 0.333. The van der Waals surface area contributed by atoms with Crippen LogP contribution >= 0.6 is 11.6 Å². The zero-order chi connectivity index (χ0) is 12.5. The molecule has 5 nitrogen and oxygen atoms in total. The average molecular weight is 266 g/mol. The van der Waals surface area contributed by atoms with Crippen molar-refractivity contribution in [1.82, 2.24) is 10.2 Å². The number of ether oxygens (including phenoxy) is 1. The van der Waals surface area contributed by atoms with Gasteiger partial charge in [0.25, 0.3) is 5.91 Å². The zero-order valence-corrected chi connectivity index (χ0v) is 10.3. The summed E-state index contributed by atoms with van der Waals surface area (Å²) in [7, 11) is 0. The molecule has 1 aliphatic rings. The largest absolute Gasteiger partial charge is 0.368 e. The lowest BCUT2D eigenvalue weighted by Gasteiger charge is -2.10. The molecule has 1 aromatic carbocycles. The van der Waals surface area contributed by atoms with Gasteiger partial charge < -0.3 is 10.1 Å². The van der Waals surface area contributed by atoms with Gasteiger partial charge in [0.05, 0.1) is 5.52 Å². The Balaban J connectivity index is 1.79. The van der Waals surface area contributed by atoms with E-state index in [-0.39, 0.29) is 12.0 Å². The first-order valence-electron chi connectivity index (χ1n) is 5.80. The first kappa shape index (κ1) is 11.5. The van der Waals surface area contributed by atoms with Crippen LogP contribution in [0.15, 0.2) is 18.2 Å². The number of carbonyl (C=O) groups is 1. The van der Waals surface area contributed by atoms with Crippen molar-refractivity contribution in [2.75, 3.05) is 11.9 Å². The number of benzene rings is 1. The van der Waals surface area contributed by atoms with Crippen LogP contribution in [0.1, 0.15) is 12.8 Å². The normalized spacial score (nSPS) is 19.3. The second kappa shape index (κ2) is 4.59. The van der Waals surface area contributed by atoms with Crippen molar-refractivity contribution in [3.8, 4) is 0 Å². The Morgan fingerprint density at radius 3 is 3.22 bits per heavy atom. The molecule has 1 atom stereocenters. The molecule has 0 unspecified atom stereocenters. The molecule has 1 aromatic heterocycles. The highest BCUT2D eigenvalue weighted by molar-refractivity contribution is 6.34. The second-order valence-corrected chi connectivity index (χ2v) is 4.64. The average Bonchev–Trinajstić information content (AvgIpc) is 2.99. The number of amides is 1. The molecule has 1 fully saturated rings. The van der Waals surface area contributed by atoms with Crippen LogP contribution in [0.5, 0.6) is 0 Å². The van der Waals surface area contributed by atoms with E-state index < -0.39 is 0 Å². The van der Waals surface area contributed by atoms with E-state index in [2.05, 4.69) is 15.5 Å². The molecule has 3 rings (SSSR count). The number of aromatic amines is 1. The van der Waals surface area contributed by atoms with E-state index in [1.54, 1.807) is 12.1 Å². The first-order chi connectivity index (χ1) is 8.74. The monoisotopic (exact) mass is 265 g/mol. The lowest BCUT2D eigenvalue weighted by Crippen LogP contribution is -2.26. The molecule has 2 heterocycles. The summed E-state index contributed by atoms with van der Waals surface area (Å²) in [4.78, 5) is 11.9. The molecule has 94 valence electrons. The van der Waals surface area contributed by atoms with Crippen LogP contribution < -0.4 is 5.32 Å². The lowest BCUT2D eigenvalue weighted by molar-refractivity contribution is -0.124. The maximum Gasteiger partial charge on any atom is 0.253 e. The minimum Gasteiger partial charge on any atom is -0.368 e. The van der Waals surface area contributed by atoms with Crippen molar-refractivity contribution < 1.29 is 9.53 Å². The zero-order valence-electron chi connectivity index (χ0n) is 9.57. The maximum absolute atomic E-state index is 11.9. The van der Waals surface area contributed by atoms with E-state index in [9.17, 15) is 4.79 Å². The van der Waals surface area contributed by atoms with E-state index >= 15 is 0 Å². The summed E-state index contributed by atoms with van der Waals surface area (Å²) in [5, 5.41) is 10.9. The number of hydrogen-bond donors (Lipinski definition) is 2. The third-order valence-corrected chi connectivity index (χ3v) is 3.29. The van der Waals surface area contributed by atoms with Crippen molar-refractivity contribution in [3.63, 3.8) is 0 Å². The number of H-pyrrole nitrogens is 1. The fourth-order valence-corrected chi connectivity index (χ4v) is 2.27. The number of rotatable bonds is 2. The Hall–Kier alpha value is -1.59. The van der Waals surface area contributed by atoms with Gasteiger partial charge in [0, 0.05) is 17.7 Å². The lowest BCUT2D eigenvalue weighted by atomic mass is 10.2. The Labute approximate surface area is 108 Å². The summed E-state index contributed by atoms with van der Waals surface area (Å²) in [5.74, 6) is -0.103. The smallest absolute Gasteiger partial charge is 0.253 e. The fourth-order valence-electron chi connectivity index (χ4n) is 2.06. The van der Waals surface area contributed by atoms with Crippen molar-refractivity contribution in [1.29, 1.82) is 0 Å². The van der Waals surface area contributed by atoms with Gasteiger partial charge in [-0.2, -0.15) is 5.10 Å². The number of anilines is 1. The van der Waals surface area contributed by atoms with Gasteiger partial charge >= 0.3 is 0 Å². The molecule has 6 heteroatoms. The first-order valence-corrected chi connectivity index (χ1v) is 6.18. The Kier molecular flexibility index (Phi) is 2.93. The van der Waals surface area contributed by atoms with E-state index in [0.29, 0.717) is 17.4 Å². The quantitative estimate of drug-likeness (QED) is 0.876. The van der Waals surface area contributed by atoms with Gasteiger partial charge in [-0.3, -0.25) is 9.89 Å². The molecule has 1 aliphatic heterocycles. The highest BCUT2D eigenvalue weighted by Crippen LogP contribution is 2.24. The molecule has 1 amide bonds. The molecular weight excluding hydrogens is 254 g/mol. The number of fused-ring (bicyclic) bond motifs is 1. The molecule has 0 aliphatic carbocycles. The number of nitrogens with zero attached hydrogens (tertiary/aromatic N) is 1. The van der Waals surface area contributed by atoms with Crippen molar-refractivity contribution in [2.24, 2.45) is 0 Å². The number of halogens is 1. The van der Waals surface area contributed by atoms with E-state index in [1.165, 1.54) is 0 Å². The molecule has 0 saturated carbocycles. The van der Waals surface area contributed by atoms with Crippen molar-refractivity contribution >= 4 is 34.1 Å². The molecular formula is C12H12ClN3O2. The predicted octanol–water partition coefficient (Wildman–Crippen LogP) is 2.33. The van der Waals surface area contributed by atoms with Crippen molar-refractivity contribution in [3.05, 3.63) is 23.4 Å². The van der Waals surface area contributed by atoms with Crippen LogP contribution in [-0.2, 0) is 9.53 Å². The molecule has 2 N–H and O–H groups in total. The van der Waals surface area contributed by atoms with Crippen LogP contribution in [0.2, 0.25) is 5.15 Å². The second-order valence-electron chi connectivity index (χ2n) is 4.26. The topological polar surface area (TPSA) is 67.0 Å². The van der Waals surface area contributed by atoms with E-state index in [1.807, 2.05) is 6.07 Å². The molecule has 0 radical (unpaired) electrons. The molecule has 18 heavy (non-hydrogen) atoms. The van der Waals surface area contributed by atoms with Gasteiger partial charge in [-0.25, -0.2) is 0 Å². The molecule has 2 aromatic rings. The van der Waals surface area contributed by atoms with E-state index in [4.69, 9.17) is 16.3 Å². The molecule has 0 bridgehead atoms. The highest BCUT2D eigenvalue weighted by atomic mass is 35.5. The SMILES string of the molecule is O=C(Nc1ccc2c(Cl)[nH]nc2c1)[C@@H]1CCCO1. The number of hydrogen-bond acceptors (Lipinski definition) is 3. The number of nitrogens with one attached hydrogen (secondary N) is 2. The van der Waals surface area contributed by atoms with Crippen LogP contribution in [0.25, 0.3) is 10.9 Å². The van der Waals surface area contributed by atoms with Gasteiger partial charge in [-0.15, -0.1) is 0 Å². The number of aromatic nitrogens is 2. The standard InChI is InChI=1S/C12H12ClN3O2/c13-11-8-4-3-7(6-9(8)15-16-11)14-12(17)10-2-1-5-18-10/h3-4,6,10H,1-2,5H2,(H,14,17)(H,15,16)/t10-/m0/s1. The van der Waals surface area contributed by atoms with Crippen LogP contribution in [0, 0.1) is 0 Å². The highest BCUT2D eigenvalue weighted by Gasteiger charge is 2.23. The predicted molar refractivity (Wildman–Crippen MR) is 68.7 cm³/mol. The Morgan fingerprint density at radius 1 is 1.56 bits per heavy atom. The van der Waals surface area contributed by atoms with Gasteiger partial charge in [-0.1, -0.05) is 11.6 Å². The summed E-state index contributed by atoms with van der Waals surface area (Å²) >= 11 is 5.91. The van der Waals surface area contributed by atoms with Gasteiger partial charge in [0.2, 0.25) is 0 Å². The summed E-state index contributed by atoms with van der Waals surface area (Å²) in [6.45, 7) is 0.659. The van der Waals surface area contributed by atoms with E-state index in [0.717, 1.165) is 23.7 Å². The Morgan fingerprint density at radius 2 is 2.44 bits per heavy atom. The van der Waals surface area contributed by atoms with Gasteiger partial charge in [0.1, 0.15) is 11.3 Å². The Bertz CT molecular complexity index is 590. The molecule has 1 saturated heterocycles. The van der Waals surface area contributed by atoms with Gasteiger partial charge in [-0.05, 0) is 31.0 Å². The third-order valence-electron chi connectivity index (χ3n) is 3.00. The van der Waals surface area contributed by atoms with Crippen LogP contribution in [0.3, 0.4) is 0 Å². The maximum atomic E-state index is 11.9. The minimum atomic E-state index is -0.330. The summed E-state index contributed by atoms with van der Waals surface area (Å²) in [6, 6.07) is 5.41. The minimum absolute atomic E-state index is 0.103. The summed E-state index contributed by atoms with van der Waals surface area (Å²) in [6.07, 6.45) is 1.39. The van der Waals surface area contributed by atoms with Crippen LogP contribution in [0.4, 0.5) is 5.69 Å². The van der Waals surface area contributed by atoms with Crippen molar-refractivity contribution in [2.45, 2.75) is 18.9 Å². The third kappa shape index (κ3) is 2.07. The summed E-state index contributed by atoms with van der Waals surface area (Å²) < 4.78 is 5.32. The summed E-state index contributed by atoms with van der Waals surface area (Å²) in [5.41, 5.74) is 1.43.